The fourth-order valence-electron chi connectivity index (χ4n) is 5.97. The van der Waals surface area contributed by atoms with Crippen molar-refractivity contribution in [1.29, 1.82) is 0 Å². The molecule has 0 N–H and O–H groups in total. The predicted molar refractivity (Wildman–Crippen MR) is 118 cm³/mol. The first-order valence-corrected chi connectivity index (χ1v) is 12.8. The van der Waals surface area contributed by atoms with Gasteiger partial charge in [-0.05, 0) is 30.1 Å². The van der Waals surface area contributed by atoms with Gasteiger partial charge in [-0.15, -0.1) is 0 Å². The molecule has 0 amide bonds. The molecule has 0 bridgehead atoms. The number of hydrogen-bond donors (Lipinski definition) is 0. The van der Waals surface area contributed by atoms with E-state index in [0.717, 1.165) is 23.7 Å². The van der Waals surface area contributed by atoms with E-state index in [9.17, 15) is 0 Å². The van der Waals surface area contributed by atoms with Crippen LogP contribution in [0.15, 0.2) is 0 Å². The summed E-state index contributed by atoms with van der Waals surface area (Å²) >= 11 is 0. The van der Waals surface area contributed by atoms with Gasteiger partial charge in [-0.1, -0.05) is 136 Å². The Bertz CT molecular complexity index is 306. The first-order chi connectivity index (χ1) is 12.8. The van der Waals surface area contributed by atoms with Crippen LogP contribution in [0.4, 0.5) is 0 Å². The van der Waals surface area contributed by atoms with Gasteiger partial charge in [-0.25, -0.2) is 0 Å². The summed E-state index contributed by atoms with van der Waals surface area (Å²) < 4.78 is 0. The molecule has 2 aliphatic rings. The molecule has 3 atom stereocenters. The Morgan fingerprint density at radius 2 is 0.731 bits per heavy atom. The number of rotatable bonds is 1. The topological polar surface area (TPSA) is 0 Å². The molecule has 26 heavy (non-hydrogen) atoms. The Labute approximate surface area is 166 Å². The Morgan fingerprint density at radius 1 is 0.385 bits per heavy atom. The average Bonchev–Trinajstić information content (AvgIpc) is 2.66. The molecule has 0 heterocycles. The average molecular weight is 363 g/mol. The summed E-state index contributed by atoms with van der Waals surface area (Å²) in [7, 11) is 0. The highest BCUT2D eigenvalue weighted by molar-refractivity contribution is 4.79. The molecule has 0 aromatic rings. The summed E-state index contributed by atoms with van der Waals surface area (Å²) in [5.74, 6) is 3.96. The van der Waals surface area contributed by atoms with Gasteiger partial charge in [0, 0.05) is 0 Å². The van der Waals surface area contributed by atoms with Crippen LogP contribution >= 0.6 is 0 Å². The van der Waals surface area contributed by atoms with E-state index in [1.165, 1.54) is 116 Å². The predicted octanol–water partition coefficient (Wildman–Crippen LogP) is 9.32. The van der Waals surface area contributed by atoms with Crippen molar-refractivity contribution in [3.05, 3.63) is 0 Å². The van der Waals surface area contributed by atoms with Crippen LogP contribution in [-0.4, -0.2) is 0 Å². The smallest absolute Gasteiger partial charge is 0.0358 e. The molecule has 0 aliphatic heterocycles. The van der Waals surface area contributed by atoms with Crippen LogP contribution in [-0.2, 0) is 0 Å². The highest BCUT2D eigenvalue weighted by atomic mass is 14.3. The zero-order valence-electron chi connectivity index (χ0n) is 18.5. The van der Waals surface area contributed by atoms with Gasteiger partial charge in [0.25, 0.3) is 0 Å². The Balaban J connectivity index is 1.97. The van der Waals surface area contributed by atoms with Crippen LogP contribution in [0.25, 0.3) is 0 Å². The molecule has 0 nitrogen and oxygen atoms in total. The third kappa shape index (κ3) is 8.79. The van der Waals surface area contributed by atoms with Gasteiger partial charge in [0.05, 0.1) is 0 Å². The second-order valence-corrected chi connectivity index (χ2v) is 10.1. The standard InChI is InChI=1S/C26H50/c1-23-19-15-11-9-10-14-18-22-26(24(23)2)25-20-16-12-7-5-3-4-6-8-13-17-21-25/h23-26H,3-22H2,1-2H3. The number of hydrogen-bond acceptors (Lipinski definition) is 0. The third-order valence-electron chi connectivity index (χ3n) is 8.03. The molecule has 2 saturated carbocycles. The molecule has 0 aromatic carbocycles. The van der Waals surface area contributed by atoms with Gasteiger partial charge in [0.2, 0.25) is 0 Å². The van der Waals surface area contributed by atoms with Gasteiger partial charge in [0.15, 0.2) is 0 Å². The molecule has 0 heteroatoms. The van der Waals surface area contributed by atoms with Crippen LogP contribution in [0.1, 0.15) is 142 Å². The molecular weight excluding hydrogens is 312 g/mol. The normalized spacial score (nSPS) is 33.2. The second kappa shape index (κ2) is 14.1. The quantitative estimate of drug-likeness (QED) is 0.436. The highest BCUT2D eigenvalue weighted by Crippen LogP contribution is 2.39. The summed E-state index contributed by atoms with van der Waals surface area (Å²) in [6, 6.07) is 0. The molecule has 0 spiro atoms. The van der Waals surface area contributed by atoms with E-state index in [2.05, 4.69) is 13.8 Å². The lowest BCUT2D eigenvalue weighted by atomic mass is 9.70. The van der Waals surface area contributed by atoms with Crippen molar-refractivity contribution in [1.82, 2.24) is 0 Å². The Kier molecular flexibility index (Phi) is 12.1. The van der Waals surface area contributed by atoms with Crippen LogP contribution in [0.5, 0.6) is 0 Å². The van der Waals surface area contributed by atoms with Crippen LogP contribution < -0.4 is 0 Å². The maximum atomic E-state index is 2.63. The molecule has 2 fully saturated rings. The van der Waals surface area contributed by atoms with Gasteiger partial charge >= 0.3 is 0 Å². The third-order valence-corrected chi connectivity index (χ3v) is 8.03. The molecule has 0 saturated heterocycles. The molecule has 154 valence electrons. The van der Waals surface area contributed by atoms with Crippen molar-refractivity contribution in [2.45, 2.75) is 142 Å². The first kappa shape index (κ1) is 22.3. The van der Waals surface area contributed by atoms with Gasteiger partial charge in [-0.2, -0.15) is 0 Å². The molecule has 0 aromatic heterocycles. The van der Waals surface area contributed by atoms with Crippen molar-refractivity contribution in [2.75, 3.05) is 0 Å². The van der Waals surface area contributed by atoms with Crippen molar-refractivity contribution in [2.24, 2.45) is 23.7 Å². The van der Waals surface area contributed by atoms with Crippen molar-refractivity contribution in [3.8, 4) is 0 Å². The summed E-state index contributed by atoms with van der Waals surface area (Å²) in [6.45, 7) is 5.21. The molecular formula is C26H50. The van der Waals surface area contributed by atoms with Crippen molar-refractivity contribution in [3.63, 3.8) is 0 Å². The lowest BCUT2D eigenvalue weighted by Gasteiger charge is -2.36. The Morgan fingerprint density at radius 3 is 1.19 bits per heavy atom. The highest BCUT2D eigenvalue weighted by Gasteiger charge is 2.29. The van der Waals surface area contributed by atoms with E-state index in [1.807, 2.05) is 0 Å². The largest absolute Gasteiger partial charge is 0.0622 e. The van der Waals surface area contributed by atoms with Crippen molar-refractivity contribution >= 4 is 0 Å². The minimum absolute atomic E-state index is 0.947. The fraction of sp³-hybridized carbons (Fsp3) is 1.00. The monoisotopic (exact) mass is 362 g/mol. The minimum atomic E-state index is 0.947. The second-order valence-electron chi connectivity index (χ2n) is 10.1. The lowest BCUT2D eigenvalue weighted by Crippen LogP contribution is -2.27. The van der Waals surface area contributed by atoms with Crippen molar-refractivity contribution < 1.29 is 0 Å². The van der Waals surface area contributed by atoms with Crippen LogP contribution in [0.3, 0.4) is 0 Å². The summed E-state index contributed by atoms with van der Waals surface area (Å²) in [6.07, 6.45) is 30.2. The van der Waals surface area contributed by atoms with E-state index < -0.39 is 0 Å². The van der Waals surface area contributed by atoms with E-state index in [-0.39, 0.29) is 0 Å². The summed E-state index contributed by atoms with van der Waals surface area (Å²) in [5.41, 5.74) is 0. The maximum Gasteiger partial charge on any atom is -0.0358 e. The van der Waals surface area contributed by atoms with E-state index in [4.69, 9.17) is 0 Å². The van der Waals surface area contributed by atoms with Crippen LogP contribution in [0.2, 0.25) is 0 Å². The molecule has 3 unspecified atom stereocenters. The first-order valence-electron chi connectivity index (χ1n) is 12.8. The summed E-state index contributed by atoms with van der Waals surface area (Å²) in [4.78, 5) is 0. The molecule has 2 aliphatic carbocycles. The zero-order valence-corrected chi connectivity index (χ0v) is 18.5. The van der Waals surface area contributed by atoms with Gasteiger partial charge in [-0.3, -0.25) is 0 Å². The summed E-state index contributed by atoms with van der Waals surface area (Å²) in [5, 5.41) is 0. The SMILES string of the molecule is CC1CCCCCCCCC(C2CCCCCCCCCCCC2)C1C. The van der Waals surface area contributed by atoms with E-state index >= 15 is 0 Å². The lowest BCUT2D eigenvalue weighted by molar-refractivity contribution is 0.143. The fourth-order valence-corrected chi connectivity index (χ4v) is 5.97. The van der Waals surface area contributed by atoms with Gasteiger partial charge in [0.1, 0.15) is 0 Å². The van der Waals surface area contributed by atoms with E-state index in [1.54, 1.807) is 12.8 Å². The minimum Gasteiger partial charge on any atom is -0.0622 e. The zero-order chi connectivity index (χ0) is 18.5. The maximum absolute atomic E-state index is 2.63. The Hall–Kier alpha value is 0. The molecule has 0 radical (unpaired) electrons. The molecule has 2 rings (SSSR count). The van der Waals surface area contributed by atoms with Crippen LogP contribution in [0, 0.1) is 23.7 Å². The van der Waals surface area contributed by atoms with Gasteiger partial charge < -0.3 is 0 Å². The van der Waals surface area contributed by atoms with E-state index in [0.29, 0.717) is 0 Å².